The highest BCUT2D eigenvalue weighted by molar-refractivity contribution is 5.75. The summed E-state index contributed by atoms with van der Waals surface area (Å²) < 4.78 is 0. The summed E-state index contributed by atoms with van der Waals surface area (Å²) in [4.78, 5) is 0. The Hall–Kier alpha value is 0.0649. The number of hydrogen-bond donors (Lipinski definition) is 0. The Balaban J connectivity index is 0. The molecule has 0 nitrogen and oxygen atoms in total. The molecule has 0 atom stereocenters. The molecule has 3 radical (unpaired) electrons. The zero-order valence-electron chi connectivity index (χ0n) is 3.28. The van der Waals surface area contributed by atoms with Gasteiger partial charge in [0.25, 0.3) is 0 Å². The first-order valence-corrected chi connectivity index (χ1v) is 1.41. The monoisotopic (exact) mass is 55.1 g/mol. The Bertz CT molecular complexity index is 3.25. The average Bonchev–Trinajstić information content (AvgIpc) is 0.918. The highest BCUT2D eigenvalue weighted by Crippen LogP contribution is 1.56. The first kappa shape index (κ1) is 8.96. The third-order valence-electron chi connectivity index (χ3n) is 0. The Morgan fingerprint density at radius 1 is 1.25 bits per heavy atom. The van der Waals surface area contributed by atoms with E-state index in [1.54, 1.807) is 0 Å². The molecule has 0 amide bonds. The second kappa shape index (κ2) is 11.5. The molecule has 0 fully saturated rings. The van der Waals surface area contributed by atoms with Crippen molar-refractivity contribution >= 4 is 8.41 Å². The van der Waals surface area contributed by atoms with Gasteiger partial charge in [0.05, 0.1) is 0 Å². The molecule has 0 rings (SSSR count). The van der Waals surface area contributed by atoms with Crippen molar-refractivity contribution in [3.05, 3.63) is 0 Å². The molecule has 23 valence electrons. The van der Waals surface area contributed by atoms with Gasteiger partial charge in [-0.25, -0.2) is 0 Å². The van der Waals surface area contributed by atoms with Gasteiger partial charge >= 0.3 is 0 Å². The van der Waals surface area contributed by atoms with Crippen LogP contribution in [0, 0.1) is 0 Å². The van der Waals surface area contributed by atoms with E-state index in [-0.39, 0.29) is 8.41 Å². The van der Waals surface area contributed by atoms with Crippen LogP contribution in [0.4, 0.5) is 0 Å². The lowest BCUT2D eigenvalue weighted by molar-refractivity contribution is 1.09. The topological polar surface area (TPSA) is 0 Å². The lowest BCUT2D eigenvalue weighted by atomic mass is 10.6. The fourth-order valence-corrected chi connectivity index (χ4v) is 0. The molecule has 0 N–H and O–H groups in total. The van der Waals surface area contributed by atoms with E-state index in [1.807, 2.05) is 0 Å². The lowest BCUT2D eigenvalue weighted by Crippen LogP contribution is -1.27. The Morgan fingerprint density at radius 2 is 1.25 bits per heavy atom. The quantitative estimate of drug-likeness (QED) is 0.363. The van der Waals surface area contributed by atoms with E-state index in [1.165, 1.54) is 6.42 Å². The molecule has 0 aliphatic carbocycles. The van der Waals surface area contributed by atoms with Crippen LogP contribution in [0.1, 0.15) is 20.3 Å². The molecule has 0 saturated carbocycles. The summed E-state index contributed by atoms with van der Waals surface area (Å²) in [6.07, 6.45) is 1.25. The molecular weight excluding hydrogens is 46.8 g/mol. The van der Waals surface area contributed by atoms with Gasteiger partial charge in [-0.3, -0.25) is 0 Å². The van der Waals surface area contributed by atoms with Gasteiger partial charge in [-0.2, -0.15) is 0 Å². The van der Waals surface area contributed by atoms with Crippen molar-refractivity contribution in [1.29, 1.82) is 0 Å². The van der Waals surface area contributed by atoms with Gasteiger partial charge in [-0.15, -0.1) is 0 Å². The summed E-state index contributed by atoms with van der Waals surface area (Å²) in [6.45, 7) is 4.25. The third-order valence-corrected chi connectivity index (χ3v) is 0. The molecule has 0 saturated heterocycles. The largest absolute Gasteiger partial charge is 0.0656 e. The smallest absolute Gasteiger partial charge is 0 e. The van der Waals surface area contributed by atoms with Crippen molar-refractivity contribution in [2.45, 2.75) is 20.3 Å². The van der Waals surface area contributed by atoms with Gasteiger partial charge in [-0.1, -0.05) is 20.3 Å². The molecular formula is C3H8B. The molecule has 0 aromatic carbocycles. The first-order chi connectivity index (χ1) is 1.41. The van der Waals surface area contributed by atoms with Crippen LogP contribution in [-0.4, -0.2) is 8.41 Å². The van der Waals surface area contributed by atoms with Crippen molar-refractivity contribution in [2.24, 2.45) is 0 Å². The summed E-state index contributed by atoms with van der Waals surface area (Å²) in [5.74, 6) is 0. The zero-order chi connectivity index (χ0) is 2.71. The van der Waals surface area contributed by atoms with Gasteiger partial charge in [0.2, 0.25) is 0 Å². The second-order valence-electron chi connectivity index (χ2n) is 0.707. The fourth-order valence-electron chi connectivity index (χ4n) is 0. The Labute approximate surface area is 29.8 Å². The Morgan fingerprint density at radius 3 is 1.25 bits per heavy atom. The Kier molecular flexibility index (Phi) is 25.8. The maximum absolute atomic E-state index is 2.12. The molecule has 4 heavy (non-hydrogen) atoms. The van der Waals surface area contributed by atoms with Crippen LogP contribution in [0.2, 0.25) is 0 Å². The second-order valence-corrected chi connectivity index (χ2v) is 0.707. The summed E-state index contributed by atoms with van der Waals surface area (Å²) >= 11 is 0. The van der Waals surface area contributed by atoms with E-state index in [2.05, 4.69) is 13.8 Å². The molecule has 0 heterocycles. The molecule has 0 aromatic rings. The molecule has 0 aliphatic rings. The SMILES string of the molecule is CCC.[B]. The van der Waals surface area contributed by atoms with Crippen LogP contribution in [0.25, 0.3) is 0 Å². The van der Waals surface area contributed by atoms with Crippen LogP contribution in [-0.2, 0) is 0 Å². The summed E-state index contributed by atoms with van der Waals surface area (Å²) in [5.41, 5.74) is 0. The molecule has 0 aliphatic heterocycles. The van der Waals surface area contributed by atoms with Crippen molar-refractivity contribution in [3.8, 4) is 0 Å². The van der Waals surface area contributed by atoms with Crippen LogP contribution in [0.15, 0.2) is 0 Å². The standard InChI is InChI=1S/C3H8.B/c1-3-2;/h3H2,1-2H3;. The van der Waals surface area contributed by atoms with E-state index < -0.39 is 0 Å². The first-order valence-electron chi connectivity index (χ1n) is 1.41. The predicted octanol–water partition coefficient (Wildman–Crippen LogP) is 1.04. The maximum Gasteiger partial charge on any atom is 0 e. The van der Waals surface area contributed by atoms with E-state index in [0.29, 0.717) is 0 Å². The van der Waals surface area contributed by atoms with Gasteiger partial charge in [-0.05, 0) is 0 Å². The van der Waals surface area contributed by atoms with Crippen LogP contribution in [0.3, 0.4) is 0 Å². The van der Waals surface area contributed by atoms with Crippen molar-refractivity contribution < 1.29 is 0 Å². The molecule has 0 unspecified atom stereocenters. The highest BCUT2D eigenvalue weighted by Gasteiger charge is 1.35. The minimum absolute atomic E-state index is 0. The number of rotatable bonds is 0. The summed E-state index contributed by atoms with van der Waals surface area (Å²) in [5, 5.41) is 0. The van der Waals surface area contributed by atoms with Crippen molar-refractivity contribution in [2.75, 3.05) is 0 Å². The molecule has 0 bridgehead atoms. The molecule has 0 spiro atoms. The summed E-state index contributed by atoms with van der Waals surface area (Å²) in [7, 11) is 0. The van der Waals surface area contributed by atoms with Crippen molar-refractivity contribution in [1.82, 2.24) is 0 Å². The lowest BCUT2D eigenvalue weighted by Gasteiger charge is -1.48. The molecule has 1 heteroatoms. The highest BCUT2D eigenvalue weighted by atomic mass is 13.4. The maximum atomic E-state index is 2.12. The van der Waals surface area contributed by atoms with Crippen LogP contribution >= 0.6 is 0 Å². The fraction of sp³-hybridized carbons (Fsp3) is 1.00. The van der Waals surface area contributed by atoms with Gasteiger partial charge in [0.15, 0.2) is 0 Å². The molecule has 0 aromatic heterocycles. The number of hydrogen-bond acceptors (Lipinski definition) is 0. The van der Waals surface area contributed by atoms with Gasteiger partial charge in [0, 0.05) is 8.41 Å². The minimum Gasteiger partial charge on any atom is -0.0656 e. The average molecular weight is 54.9 g/mol. The summed E-state index contributed by atoms with van der Waals surface area (Å²) in [6, 6.07) is 0. The van der Waals surface area contributed by atoms with E-state index in [0.717, 1.165) is 0 Å². The minimum atomic E-state index is 0. The normalized spacial score (nSPS) is 4.50. The van der Waals surface area contributed by atoms with E-state index in [9.17, 15) is 0 Å². The van der Waals surface area contributed by atoms with Crippen LogP contribution < -0.4 is 0 Å². The predicted molar refractivity (Wildman–Crippen MR) is 21.7 cm³/mol. The van der Waals surface area contributed by atoms with Gasteiger partial charge < -0.3 is 0 Å². The van der Waals surface area contributed by atoms with E-state index in [4.69, 9.17) is 0 Å². The third kappa shape index (κ3) is 555. The van der Waals surface area contributed by atoms with Gasteiger partial charge in [0.1, 0.15) is 0 Å². The van der Waals surface area contributed by atoms with Crippen LogP contribution in [0.5, 0.6) is 0 Å². The van der Waals surface area contributed by atoms with E-state index >= 15 is 0 Å². The van der Waals surface area contributed by atoms with Crippen molar-refractivity contribution in [3.63, 3.8) is 0 Å². The zero-order valence-corrected chi connectivity index (χ0v) is 3.28.